The number of benzene rings is 1. The van der Waals surface area contributed by atoms with Gasteiger partial charge in [-0.25, -0.2) is 4.39 Å². The molecule has 0 atom stereocenters. The van der Waals surface area contributed by atoms with Crippen LogP contribution in [-0.2, 0) is 0 Å². The summed E-state index contributed by atoms with van der Waals surface area (Å²) in [5.41, 5.74) is 1.33. The van der Waals surface area contributed by atoms with E-state index in [0.29, 0.717) is 17.8 Å². The Labute approximate surface area is 71.0 Å². The van der Waals surface area contributed by atoms with E-state index in [1.54, 1.807) is 19.1 Å². The highest BCUT2D eigenvalue weighted by molar-refractivity contribution is 5.44. The molecule has 1 aromatic rings. The van der Waals surface area contributed by atoms with Gasteiger partial charge >= 0.3 is 0 Å². The molecule has 0 aromatic heterocycles. The summed E-state index contributed by atoms with van der Waals surface area (Å²) >= 11 is 0. The molecule has 12 heavy (non-hydrogen) atoms. The Hall–Kier alpha value is -1.09. The highest BCUT2D eigenvalue weighted by Crippen LogP contribution is 2.12. The average Bonchev–Trinajstić information content (AvgIpc) is 2.07. The molecule has 1 rings (SSSR count). The topological polar surface area (TPSA) is 32.3 Å². The zero-order valence-corrected chi connectivity index (χ0v) is 6.97. The molecule has 0 saturated carbocycles. The van der Waals surface area contributed by atoms with Gasteiger partial charge in [0.25, 0.3) is 0 Å². The smallest absolute Gasteiger partial charge is 0.128 e. The number of hydrogen-bond donors (Lipinski definition) is 2. The van der Waals surface area contributed by atoms with Gasteiger partial charge in [-0.3, -0.25) is 0 Å². The molecule has 0 radical (unpaired) electrons. The van der Waals surface area contributed by atoms with Crippen molar-refractivity contribution in [2.24, 2.45) is 0 Å². The quantitative estimate of drug-likeness (QED) is 0.719. The molecule has 0 heterocycles. The molecule has 0 spiro atoms. The standard InChI is InChI=1S/C9H12FNO/c1-7-2-3-8(6-9(7)10)11-4-5-12/h2-3,6,11-12H,4-5H2,1H3. The van der Waals surface area contributed by atoms with Gasteiger partial charge < -0.3 is 10.4 Å². The summed E-state index contributed by atoms with van der Waals surface area (Å²) < 4.78 is 12.9. The van der Waals surface area contributed by atoms with E-state index in [0.717, 1.165) is 0 Å². The van der Waals surface area contributed by atoms with Crippen LogP contribution in [0.15, 0.2) is 18.2 Å². The van der Waals surface area contributed by atoms with Crippen LogP contribution in [0.3, 0.4) is 0 Å². The van der Waals surface area contributed by atoms with Gasteiger partial charge in [-0.05, 0) is 24.6 Å². The molecule has 0 aliphatic heterocycles. The predicted molar refractivity (Wildman–Crippen MR) is 46.7 cm³/mol. The Bertz CT molecular complexity index is 263. The third kappa shape index (κ3) is 2.20. The molecular weight excluding hydrogens is 157 g/mol. The molecule has 2 nitrogen and oxygen atoms in total. The summed E-state index contributed by atoms with van der Waals surface area (Å²) in [6.45, 7) is 2.21. The van der Waals surface area contributed by atoms with Crippen LogP contribution in [0, 0.1) is 12.7 Å². The maximum Gasteiger partial charge on any atom is 0.128 e. The van der Waals surface area contributed by atoms with E-state index in [1.165, 1.54) is 6.07 Å². The second kappa shape index (κ2) is 4.07. The number of aryl methyl sites for hydroxylation is 1. The lowest BCUT2D eigenvalue weighted by Gasteiger charge is -2.04. The third-order valence-electron chi connectivity index (χ3n) is 1.61. The van der Waals surface area contributed by atoms with Crippen molar-refractivity contribution in [3.05, 3.63) is 29.6 Å². The summed E-state index contributed by atoms with van der Waals surface area (Å²) in [5.74, 6) is -0.224. The van der Waals surface area contributed by atoms with E-state index in [9.17, 15) is 4.39 Å². The molecule has 0 unspecified atom stereocenters. The first-order valence-electron chi connectivity index (χ1n) is 3.85. The maximum atomic E-state index is 12.9. The number of rotatable bonds is 3. The van der Waals surface area contributed by atoms with Gasteiger partial charge in [0, 0.05) is 12.2 Å². The van der Waals surface area contributed by atoms with E-state index in [2.05, 4.69) is 5.32 Å². The van der Waals surface area contributed by atoms with Crippen molar-refractivity contribution in [2.75, 3.05) is 18.5 Å². The minimum atomic E-state index is -0.224. The highest BCUT2D eigenvalue weighted by Gasteiger charge is 1.97. The Morgan fingerprint density at radius 3 is 2.83 bits per heavy atom. The van der Waals surface area contributed by atoms with Crippen LogP contribution in [-0.4, -0.2) is 18.3 Å². The molecule has 0 fully saturated rings. The summed E-state index contributed by atoms with van der Waals surface area (Å²) in [5, 5.41) is 11.4. The fourth-order valence-corrected chi connectivity index (χ4v) is 0.903. The van der Waals surface area contributed by atoms with Gasteiger partial charge in [-0.2, -0.15) is 0 Å². The summed E-state index contributed by atoms with van der Waals surface area (Å²) in [6, 6.07) is 4.91. The highest BCUT2D eigenvalue weighted by atomic mass is 19.1. The van der Waals surface area contributed by atoms with E-state index in [4.69, 9.17) is 5.11 Å². The average molecular weight is 169 g/mol. The molecule has 2 N–H and O–H groups in total. The summed E-state index contributed by atoms with van der Waals surface area (Å²) in [4.78, 5) is 0. The van der Waals surface area contributed by atoms with Crippen LogP contribution in [0.25, 0.3) is 0 Å². The normalized spacial score (nSPS) is 9.92. The molecular formula is C9H12FNO. The van der Waals surface area contributed by atoms with Crippen molar-refractivity contribution in [3.8, 4) is 0 Å². The van der Waals surface area contributed by atoms with Gasteiger partial charge in [0.2, 0.25) is 0 Å². The van der Waals surface area contributed by atoms with Gasteiger partial charge in [-0.15, -0.1) is 0 Å². The molecule has 0 bridgehead atoms. The van der Waals surface area contributed by atoms with E-state index in [1.807, 2.05) is 0 Å². The van der Waals surface area contributed by atoms with Gasteiger partial charge in [0.1, 0.15) is 5.82 Å². The number of aliphatic hydroxyl groups is 1. The molecule has 1 aromatic carbocycles. The molecule has 0 aliphatic carbocycles. The second-order valence-electron chi connectivity index (χ2n) is 2.61. The van der Waals surface area contributed by atoms with Crippen molar-refractivity contribution < 1.29 is 9.50 Å². The van der Waals surface area contributed by atoms with Crippen LogP contribution in [0.4, 0.5) is 10.1 Å². The minimum absolute atomic E-state index is 0.0511. The largest absolute Gasteiger partial charge is 0.395 e. The van der Waals surface area contributed by atoms with Crippen LogP contribution in [0.1, 0.15) is 5.56 Å². The zero-order valence-electron chi connectivity index (χ0n) is 6.97. The van der Waals surface area contributed by atoms with Crippen molar-refractivity contribution in [3.63, 3.8) is 0 Å². The first-order chi connectivity index (χ1) is 5.74. The monoisotopic (exact) mass is 169 g/mol. The fraction of sp³-hybridized carbons (Fsp3) is 0.333. The fourth-order valence-electron chi connectivity index (χ4n) is 0.903. The Kier molecular flexibility index (Phi) is 3.05. The lowest BCUT2D eigenvalue weighted by molar-refractivity contribution is 0.311. The van der Waals surface area contributed by atoms with Gasteiger partial charge in [0.15, 0.2) is 0 Å². The van der Waals surface area contributed by atoms with Crippen molar-refractivity contribution in [1.29, 1.82) is 0 Å². The number of hydrogen-bond acceptors (Lipinski definition) is 2. The van der Waals surface area contributed by atoms with Crippen molar-refractivity contribution >= 4 is 5.69 Å². The van der Waals surface area contributed by atoms with Crippen LogP contribution < -0.4 is 5.32 Å². The number of nitrogens with one attached hydrogen (secondary N) is 1. The number of anilines is 1. The maximum absolute atomic E-state index is 12.9. The van der Waals surface area contributed by atoms with E-state index < -0.39 is 0 Å². The summed E-state index contributed by atoms with van der Waals surface area (Å²) in [6.07, 6.45) is 0. The Balaban J connectivity index is 2.69. The number of aliphatic hydroxyl groups excluding tert-OH is 1. The Morgan fingerprint density at radius 2 is 2.25 bits per heavy atom. The predicted octanol–water partition coefficient (Wildman–Crippen LogP) is 1.54. The van der Waals surface area contributed by atoms with E-state index in [-0.39, 0.29) is 12.4 Å². The minimum Gasteiger partial charge on any atom is -0.395 e. The van der Waals surface area contributed by atoms with Gasteiger partial charge in [-0.1, -0.05) is 6.07 Å². The third-order valence-corrected chi connectivity index (χ3v) is 1.61. The Morgan fingerprint density at radius 1 is 1.50 bits per heavy atom. The second-order valence-corrected chi connectivity index (χ2v) is 2.61. The lowest BCUT2D eigenvalue weighted by Crippen LogP contribution is -2.05. The number of halogens is 1. The molecule has 66 valence electrons. The lowest BCUT2D eigenvalue weighted by atomic mass is 10.2. The first-order valence-corrected chi connectivity index (χ1v) is 3.85. The van der Waals surface area contributed by atoms with E-state index >= 15 is 0 Å². The molecule has 0 aliphatic rings. The molecule has 3 heteroatoms. The molecule has 0 saturated heterocycles. The zero-order chi connectivity index (χ0) is 8.97. The first kappa shape index (κ1) is 9.00. The van der Waals surface area contributed by atoms with Crippen LogP contribution >= 0.6 is 0 Å². The summed E-state index contributed by atoms with van der Waals surface area (Å²) in [7, 11) is 0. The SMILES string of the molecule is Cc1ccc(NCCO)cc1F. The van der Waals surface area contributed by atoms with Crippen molar-refractivity contribution in [1.82, 2.24) is 0 Å². The molecule has 0 amide bonds. The van der Waals surface area contributed by atoms with Gasteiger partial charge in [0.05, 0.1) is 6.61 Å². The van der Waals surface area contributed by atoms with Crippen molar-refractivity contribution in [2.45, 2.75) is 6.92 Å². The van der Waals surface area contributed by atoms with Crippen LogP contribution in [0.2, 0.25) is 0 Å². The van der Waals surface area contributed by atoms with Crippen LogP contribution in [0.5, 0.6) is 0 Å².